The van der Waals surface area contributed by atoms with Gasteiger partial charge in [-0.05, 0) is 44.4 Å². The first kappa shape index (κ1) is 16.1. The molecule has 1 saturated carbocycles. The maximum absolute atomic E-state index is 12.9. The predicted molar refractivity (Wildman–Crippen MR) is 83.4 cm³/mol. The fraction of sp³-hybridized carbons (Fsp3) is 0.765. The Bertz CT molecular complexity index is 463. The lowest BCUT2D eigenvalue weighted by atomic mass is 9.97. The number of nitrogens with two attached hydrogens (primary N) is 1. The van der Waals surface area contributed by atoms with Gasteiger partial charge < -0.3 is 10.6 Å². The van der Waals surface area contributed by atoms with Crippen LogP contribution >= 0.6 is 0 Å². The Kier molecular flexibility index (Phi) is 4.45. The Morgan fingerprint density at radius 3 is 2.52 bits per heavy atom. The number of hydrogen-bond acceptors (Lipinski definition) is 2. The van der Waals surface area contributed by atoms with E-state index in [1.165, 1.54) is 5.57 Å². The Balaban J connectivity index is 2.11. The molecule has 2 fully saturated rings. The van der Waals surface area contributed by atoms with Crippen molar-refractivity contribution in [3.63, 3.8) is 0 Å². The van der Waals surface area contributed by atoms with Gasteiger partial charge in [-0.15, -0.1) is 0 Å². The van der Waals surface area contributed by atoms with Gasteiger partial charge in [0.15, 0.2) is 0 Å². The summed E-state index contributed by atoms with van der Waals surface area (Å²) in [7, 11) is 0. The average molecular weight is 292 g/mol. The zero-order valence-corrected chi connectivity index (χ0v) is 13.7. The number of amides is 2. The van der Waals surface area contributed by atoms with E-state index in [1.807, 2.05) is 4.90 Å². The molecular formula is C17H28N2O2. The SMILES string of the molecule is CC(C)=C[C@@H]1[C@@H](C(=O)N2CCCC[C@H]2CC(N)=O)C1(C)C. The molecule has 0 aromatic carbocycles. The standard InChI is InChI=1S/C17H28N2O2/c1-11(2)9-13-15(17(13,3)4)16(21)19-8-6-5-7-12(19)10-14(18)20/h9,12-13,15H,5-8,10H2,1-4H3,(H2,18,20)/t12-,13+,15-/m0/s1. The van der Waals surface area contributed by atoms with Crippen LogP contribution in [0.4, 0.5) is 0 Å². The highest BCUT2D eigenvalue weighted by atomic mass is 16.2. The minimum Gasteiger partial charge on any atom is -0.370 e. The molecule has 0 unspecified atom stereocenters. The number of hydrogen-bond donors (Lipinski definition) is 1. The van der Waals surface area contributed by atoms with Crippen molar-refractivity contribution >= 4 is 11.8 Å². The molecule has 4 heteroatoms. The maximum atomic E-state index is 12.9. The number of piperidine rings is 1. The Labute approximate surface area is 127 Å². The lowest BCUT2D eigenvalue weighted by Crippen LogP contribution is -2.46. The molecule has 4 nitrogen and oxygen atoms in total. The summed E-state index contributed by atoms with van der Waals surface area (Å²) in [6.45, 7) is 9.24. The predicted octanol–water partition coefficient (Wildman–Crippen LogP) is 2.48. The van der Waals surface area contributed by atoms with Crippen LogP contribution in [-0.2, 0) is 9.59 Å². The molecule has 2 amide bonds. The summed E-state index contributed by atoms with van der Waals surface area (Å²) in [6, 6.07) is 0.00695. The van der Waals surface area contributed by atoms with Crippen LogP contribution in [0.25, 0.3) is 0 Å². The third-order valence-electron chi connectivity index (χ3n) is 5.04. The van der Waals surface area contributed by atoms with Crippen molar-refractivity contribution in [3.8, 4) is 0 Å². The molecule has 1 heterocycles. The molecule has 1 saturated heterocycles. The average Bonchev–Trinajstić information content (AvgIpc) is 2.89. The van der Waals surface area contributed by atoms with E-state index in [4.69, 9.17) is 5.73 Å². The fourth-order valence-corrected chi connectivity index (χ4v) is 3.73. The van der Waals surface area contributed by atoms with Gasteiger partial charge in [-0.1, -0.05) is 25.5 Å². The van der Waals surface area contributed by atoms with E-state index in [0.717, 1.165) is 25.8 Å². The van der Waals surface area contributed by atoms with E-state index in [0.29, 0.717) is 12.3 Å². The largest absolute Gasteiger partial charge is 0.370 e. The highest BCUT2D eigenvalue weighted by molar-refractivity contribution is 5.85. The monoisotopic (exact) mass is 292 g/mol. The van der Waals surface area contributed by atoms with Crippen LogP contribution in [0.2, 0.25) is 0 Å². The quantitative estimate of drug-likeness (QED) is 0.809. The first-order valence-electron chi connectivity index (χ1n) is 7.99. The first-order valence-corrected chi connectivity index (χ1v) is 7.99. The smallest absolute Gasteiger partial charge is 0.227 e. The normalized spacial score (nSPS) is 30.7. The molecule has 2 aliphatic rings. The van der Waals surface area contributed by atoms with Crippen molar-refractivity contribution in [2.45, 2.75) is 59.4 Å². The highest BCUT2D eigenvalue weighted by Gasteiger charge is 2.61. The van der Waals surface area contributed by atoms with Crippen LogP contribution in [-0.4, -0.2) is 29.3 Å². The highest BCUT2D eigenvalue weighted by Crippen LogP contribution is 2.60. The third kappa shape index (κ3) is 3.30. The van der Waals surface area contributed by atoms with E-state index >= 15 is 0 Å². The molecule has 21 heavy (non-hydrogen) atoms. The number of rotatable bonds is 4. The van der Waals surface area contributed by atoms with Crippen molar-refractivity contribution < 1.29 is 9.59 Å². The third-order valence-corrected chi connectivity index (χ3v) is 5.04. The summed E-state index contributed by atoms with van der Waals surface area (Å²) in [6.07, 6.45) is 5.52. The van der Waals surface area contributed by atoms with Crippen molar-refractivity contribution in [2.75, 3.05) is 6.54 Å². The van der Waals surface area contributed by atoms with Crippen molar-refractivity contribution in [2.24, 2.45) is 23.0 Å². The second-order valence-corrected chi connectivity index (χ2v) is 7.42. The number of carbonyl (C=O) groups is 2. The van der Waals surface area contributed by atoms with E-state index < -0.39 is 0 Å². The summed E-state index contributed by atoms with van der Waals surface area (Å²) in [5.74, 6) is 0.288. The maximum Gasteiger partial charge on any atom is 0.227 e. The van der Waals surface area contributed by atoms with Crippen LogP contribution < -0.4 is 5.73 Å². The fourth-order valence-electron chi connectivity index (χ4n) is 3.73. The zero-order valence-electron chi connectivity index (χ0n) is 13.7. The van der Waals surface area contributed by atoms with Crippen LogP contribution in [0.1, 0.15) is 53.4 Å². The molecule has 0 aromatic heterocycles. The van der Waals surface area contributed by atoms with E-state index in [2.05, 4.69) is 33.8 Å². The lowest BCUT2D eigenvalue weighted by molar-refractivity contribution is -0.138. The summed E-state index contributed by atoms with van der Waals surface area (Å²) in [5.41, 5.74) is 6.63. The second-order valence-electron chi connectivity index (χ2n) is 7.42. The van der Waals surface area contributed by atoms with E-state index in [9.17, 15) is 9.59 Å². The lowest BCUT2D eigenvalue weighted by Gasteiger charge is -2.35. The van der Waals surface area contributed by atoms with Gasteiger partial charge in [-0.2, -0.15) is 0 Å². The topological polar surface area (TPSA) is 63.4 Å². The molecule has 0 spiro atoms. The molecule has 0 bridgehead atoms. The van der Waals surface area contributed by atoms with Gasteiger partial charge in [0, 0.05) is 19.0 Å². The Morgan fingerprint density at radius 2 is 1.95 bits per heavy atom. The van der Waals surface area contributed by atoms with Crippen LogP contribution in [0.5, 0.6) is 0 Å². The van der Waals surface area contributed by atoms with Gasteiger partial charge in [0.2, 0.25) is 11.8 Å². The van der Waals surface area contributed by atoms with Crippen LogP contribution in [0.15, 0.2) is 11.6 Å². The molecule has 1 aliphatic heterocycles. The molecule has 2 N–H and O–H groups in total. The van der Waals surface area contributed by atoms with Crippen molar-refractivity contribution in [3.05, 3.63) is 11.6 Å². The number of allylic oxidation sites excluding steroid dienone is 2. The molecule has 1 aliphatic carbocycles. The van der Waals surface area contributed by atoms with Crippen molar-refractivity contribution in [1.29, 1.82) is 0 Å². The minimum atomic E-state index is -0.310. The van der Waals surface area contributed by atoms with E-state index in [-0.39, 0.29) is 29.2 Å². The first-order chi connectivity index (χ1) is 9.75. The second kappa shape index (κ2) is 5.82. The molecule has 118 valence electrons. The van der Waals surface area contributed by atoms with Gasteiger partial charge in [0.25, 0.3) is 0 Å². The summed E-state index contributed by atoms with van der Waals surface area (Å²) < 4.78 is 0. The van der Waals surface area contributed by atoms with E-state index in [1.54, 1.807) is 0 Å². The van der Waals surface area contributed by atoms with Crippen LogP contribution in [0.3, 0.4) is 0 Å². The van der Waals surface area contributed by atoms with Gasteiger partial charge in [-0.25, -0.2) is 0 Å². The van der Waals surface area contributed by atoms with Gasteiger partial charge in [0.1, 0.15) is 0 Å². The summed E-state index contributed by atoms with van der Waals surface area (Å²) in [4.78, 5) is 26.1. The number of nitrogens with zero attached hydrogens (tertiary/aromatic N) is 1. The molecule has 0 aromatic rings. The minimum absolute atomic E-state index is 0.00695. The Morgan fingerprint density at radius 1 is 1.29 bits per heavy atom. The van der Waals surface area contributed by atoms with Gasteiger partial charge >= 0.3 is 0 Å². The number of carbonyl (C=O) groups excluding carboxylic acids is 2. The number of primary amides is 1. The summed E-state index contributed by atoms with van der Waals surface area (Å²) in [5, 5.41) is 0. The summed E-state index contributed by atoms with van der Waals surface area (Å²) >= 11 is 0. The van der Waals surface area contributed by atoms with Crippen LogP contribution in [0, 0.1) is 17.3 Å². The zero-order chi connectivity index (χ0) is 15.8. The molecule has 3 atom stereocenters. The van der Waals surface area contributed by atoms with Gasteiger partial charge in [-0.3, -0.25) is 9.59 Å². The Hall–Kier alpha value is -1.32. The molecular weight excluding hydrogens is 264 g/mol. The molecule has 0 radical (unpaired) electrons. The van der Waals surface area contributed by atoms with Gasteiger partial charge in [0.05, 0.1) is 5.92 Å². The molecule has 2 rings (SSSR count). The number of likely N-dealkylation sites (tertiary alicyclic amines) is 1. The van der Waals surface area contributed by atoms with Crippen molar-refractivity contribution in [1.82, 2.24) is 4.90 Å².